The molecule has 4 nitrogen and oxygen atoms in total. The quantitative estimate of drug-likeness (QED) is 0.614. The molecule has 1 fully saturated rings. The fourth-order valence-corrected chi connectivity index (χ4v) is 2.05. The molecule has 0 unspecified atom stereocenters. The Kier molecular flexibility index (Phi) is 4.35. The minimum Gasteiger partial charge on any atom is -0.481 e. The lowest BCUT2D eigenvalue weighted by Crippen LogP contribution is -2.50. The van der Waals surface area contributed by atoms with E-state index in [1.54, 1.807) is 0 Å². The number of aliphatic hydroxyl groups excluding tert-OH is 1. The molecule has 1 rings (SSSR count). The lowest BCUT2D eigenvalue weighted by atomic mass is 9.82. The first-order chi connectivity index (χ1) is 6.68. The molecule has 0 aromatic carbocycles. The minimum absolute atomic E-state index is 0.118. The van der Waals surface area contributed by atoms with E-state index in [4.69, 9.17) is 5.11 Å². The molecule has 4 heteroatoms. The summed E-state index contributed by atoms with van der Waals surface area (Å²) in [7, 11) is 0. The Balaban J connectivity index is 2.32. The van der Waals surface area contributed by atoms with Crippen LogP contribution in [0.4, 0.5) is 0 Å². The molecule has 0 aliphatic heterocycles. The summed E-state index contributed by atoms with van der Waals surface area (Å²) in [6, 6.07) is 0. The SMILES string of the molecule is O=C(O)CCNC1(CO)CCCCC1. The van der Waals surface area contributed by atoms with E-state index in [0.717, 1.165) is 25.7 Å². The van der Waals surface area contributed by atoms with Crippen LogP contribution >= 0.6 is 0 Å². The van der Waals surface area contributed by atoms with E-state index in [-0.39, 0.29) is 18.6 Å². The molecule has 1 aliphatic rings. The third-order valence-electron chi connectivity index (χ3n) is 2.95. The van der Waals surface area contributed by atoms with Crippen LogP contribution in [0, 0.1) is 0 Å². The van der Waals surface area contributed by atoms with Crippen LogP contribution in [0.5, 0.6) is 0 Å². The second-order valence-electron chi connectivity index (χ2n) is 4.07. The van der Waals surface area contributed by atoms with Gasteiger partial charge in [0.2, 0.25) is 0 Å². The number of hydrogen-bond acceptors (Lipinski definition) is 3. The fraction of sp³-hybridized carbons (Fsp3) is 0.900. The summed E-state index contributed by atoms with van der Waals surface area (Å²) in [4.78, 5) is 10.3. The zero-order valence-electron chi connectivity index (χ0n) is 8.46. The maximum Gasteiger partial charge on any atom is 0.304 e. The summed E-state index contributed by atoms with van der Waals surface area (Å²) >= 11 is 0. The molecule has 0 saturated heterocycles. The van der Waals surface area contributed by atoms with Crippen molar-refractivity contribution in [3.8, 4) is 0 Å². The van der Waals surface area contributed by atoms with E-state index in [0.29, 0.717) is 6.54 Å². The standard InChI is InChI=1S/C10H19NO3/c12-8-10(5-2-1-3-6-10)11-7-4-9(13)14/h11-12H,1-8H2,(H,13,14). The van der Waals surface area contributed by atoms with Crippen molar-refractivity contribution < 1.29 is 15.0 Å². The van der Waals surface area contributed by atoms with Gasteiger partial charge in [-0.3, -0.25) is 4.79 Å². The highest BCUT2D eigenvalue weighted by Gasteiger charge is 2.30. The number of rotatable bonds is 5. The van der Waals surface area contributed by atoms with Crippen LogP contribution in [0.25, 0.3) is 0 Å². The van der Waals surface area contributed by atoms with Crippen molar-refractivity contribution in [1.82, 2.24) is 5.32 Å². The van der Waals surface area contributed by atoms with Crippen LogP contribution in [0.1, 0.15) is 38.5 Å². The monoisotopic (exact) mass is 201 g/mol. The Labute approximate surface area is 84.3 Å². The van der Waals surface area contributed by atoms with Crippen LogP contribution in [0.2, 0.25) is 0 Å². The van der Waals surface area contributed by atoms with E-state index >= 15 is 0 Å². The van der Waals surface area contributed by atoms with Crippen molar-refractivity contribution in [2.24, 2.45) is 0 Å². The predicted octanol–water partition coefficient (Wildman–Crippen LogP) is 0.746. The van der Waals surface area contributed by atoms with E-state index in [1.807, 2.05) is 0 Å². The number of hydrogen-bond donors (Lipinski definition) is 3. The Hall–Kier alpha value is -0.610. The molecule has 0 amide bonds. The Bertz CT molecular complexity index is 188. The van der Waals surface area contributed by atoms with Gasteiger partial charge in [0.05, 0.1) is 13.0 Å². The summed E-state index contributed by atoms with van der Waals surface area (Å²) in [5.41, 5.74) is -0.201. The summed E-state index contributed by atoms with van der Waals surface area (Å²) in [5.74, 6) is -0.790. The highest BCUT2D eigenvalue weighted by atomic mass is 16.4. The van der Waals surface area contributed by atoms with Crippen LogP contribution < -0.4 is 5.32 Å². The maximum atomic E-state index is 10.3. The second kappa shape index (κ2) is 5.32. The number of aliphatic hydroxyl groups is 1. The summed E-state index contributed by atoms with van der Waals surface area (Å²) < 4.78 is 0. The van der Waals surface area contributed by atoms with Gasteiger partial charge in [-0.1, -0.05) is 19.3 Å². The first kappa shape index (κ1) is 11.5. The third kappa shape index (κ3) is 3.27. The first-order valence-corrected chi connectivity index (χ1v) is 5.26. The molecule has 1 saturated carbocycles. The van der Waals surface area contributed by atoms with Crippen LogP contribution in [0.3, 0.4) is 0 Å². The molecule has 0 atom stereocenters. The topological polar surface area (TPSA) is 69.6 Å². The molecule has 0 spiro atoms. The van der Waals surface area contributed by atoms with Gasteiger partial charge in [-0.2, -0.15) is 0 Å². The smallest absolute Gasteiger partial charge is 0.304 e. The van der Waals surface area contributed by atoms with Crippen molar-refractivity contribution in [1.29, 1.82) is 0 Å². The fourth-order valence-electron chi connectivity index (χ4n) is 2.05. The number of carboxylic acid groups (broad SMARTS) is 1. The van der Waals surface area contributed by atoms with Gasteiger partial charge in [-0.05, 0) is 12.8 Å². The normalized spacial score (nSPS) is 20.6. The van der Waals surface area contributed by atoms with Gasteiger partial charge in [-0.15, -0.1) is 0 Å². The molecule has 14 heavy (non-hydrogen) atoms. The van der Waals surface area contributed by atoms with Crippen molar-refractivity contribution in [2.45, 2.75) is 44.1 Å². The van der Waals surface area contributed by atoms with E-state index in [1.165, 1.54) is 6.42 Å². The zero-order valence-corrected chi connectivity index (χ0v) is 8.46. The van der Waals surface area contributed by atoms with Gasteiger partial charge >= 0.3 is 5.97 Å². The molecular formula is C10H19NO3. The van der Waals surface area contributed by atoms with Crippen LogP contribution in [0.15, 0.2) is 0 Å². The number of carbonyl (C=O) groups is 1. The summed E-state index contributed by atoms with van der Waals surface area (Å²) in [6.45, 7) is 0.572. The van der Waals surface area contributed by atoms with Crippen molar-refractivity contribution in [3.63, 3.8) is 0 Å². The molecular weight excluding hydrogens is 182 g/mol. The number of carboxylic acids is 1. The molecule has 1 aliphatic carbocycles. The largest absolute Gasteiger partial charge is 0.481 e. The molecule has 0 radical (unpaired) electrons. The Morgan fingerprint density at radius 3 is 2.43 bits per heavy atom. The van der Waals surface area contributed by atoms with Gasteiger partial charge in [0.25, 0.3) is 0 Å². The van der Waals surface area contributed by atoms with Gasteiger partial charge in [0, 0.05) is 12.1 Å². The minimum atomic E-state index is -0.790. The average molecular weight is 201 g/mol. The Morgan fingerprint density at radius 1 is 1.29 bits per heavy atom. The Morgan fingerprint density at radius 2 is 1.93 bits per heavy atom. The van der Waals surface area contributed by atoms with Gasteiger partial charge in [0.1, 0.15) is 0 Å². The maximum absolute atomic E-state index is 10.3. The van der Waals surface area contributed by atoms with Gasteiger partial charge in [0.15, 0.2) is 0 Å². The second-order valence-corrected chi connectivity index (χ2v) is 4.07. The highest BCUT2D eigenvalue weighted by molar-refractivity contribution is 5.66. The van der Waals surface area contributed by atoms with Gasteiger partial charge < -0.3 is 15.5 Å². The lowest BCUT2D eigenvalue weighted by molar-refractivity contribution is -0.137. The molecule has 0 aromatic rings. The number of aliphatic carboxylic acids is 1. The van der Waals surface area contributed by atoms with E-state index < -0.39 is 5.97 Å². The zero-order chi connectivity index (χ0) is 10.4. The summed E-state index contributed by atoms with van der Waals surface area (Å²) in [6.07, 6.45) is 5.53. The molecule has 0 bridgehead atoms. The molecule has 3 N–H and O–H groups in total. The van der Waals surface area contributed by atoms with E-state index in [9.17, 15) is 9.90 Å². The van der Waals surface area contributed by atoms with Crippen LogP contribution in [-0.4, -0.2) is 34.9 Å². The molecule has 0 aromatic heterocycles. The van der Waals surface area contributed by atoms with Crippen LogP contribution in [-0.2, 0) is 4.79 Å². The lowest BCUT2D eigenvalue weighted by Gasteiger charge is -2.36. The first-order valence-electron chi connectivity index (χ1n) is 5.26. The molecule has 82 valence electrons. The molecule has 0 heterocycles. The highest BCUT2D eigenvalue weighted by Crippen LogP contribution is 2.27. The van der Waals surface area contributed by atoms with Crippen molar-refractivity contribution in [2.75, 3.05) is 13.2 Å². The third-order valence-corrected chi connectivity index (χ3v) is 2.95. The van der Waals surface area contributed by atoms with Crippen molar-refractivity contribution >= 4 is 5.97 Å². The average Bonchev–Trinajstić information content (AvgIpc) is 2.19. The summed E-state index contributed by atoms with van der Waals surface area (Å²) in [5, 5.41) is 21.0. The van der Waals surface area contributed by atoms with Crippen molar-refractivity contribution in [3.05, 3.63) is 0 Å². The number of nitrogens with one attached hydrogen (secondary N) is 1. The van der Waals surface area contributed by atoms with Gasteiger partial charge in [-0.25, -0.2) is 0 Å². The van der Waals surface area contributed by atoms with E-state index in [2.05, 4.69) is 5.32 Å². The predicted molar refractivity (Wildman–Crippen MR) is 53.2 cm³/mol.